The summed E-state index contributed by atoms with van der Waals surface area (Å²) >= 11 is 0. The number of fused-ring (bicyclic) bond motifs is 1. The molecule has 6 nitrogen and oxygen atoms in total. The molecule has 0 radical (unpaired) electrons. The van der Waals surface area contributed by atoms with Crippen LogP contribution in [0.3, 0.4) is 0 Å². The number of nitrogens with one attached hydrogen (secondary N) is 1. The maximum absolute atomic E-state index is 11.4. The van der Waals surface area contributed by atoms with E-state index in [1.54, 1.807) is 0 Å². The lowest BCUT2D eigenvalue weighted by molar-refractivity contribution is -0.111. The quantitative estimate of drug-likeness (QED) is 0.750. The van der Waals surface area contributed by atoms with Crippen molar-refractivity contribution in [2.75, 3.05) is 17.3 Å². The van der Waals surface area contributed by atoms with Crippen molar-refractivity contribution >= 4 is 34.3 Å². The monoisotopic (exact) mass is 305 g/mol. The standard InChI is InChI=1S/C17H15N5O/c1-3-15(23)20-16-18-11-19-17(21-16)22(2)14-10-6-8-12-7-4-5-9-13(12)14/h3-11H,1H2,2H3,(H,18,19,20,21,23). The zero-order chi connectivity index (χ0) is 16.2. The van der Waals surface area contributed by atoms with Crippen molar-refractivity contribution in [1.29, 1.82) is 0 Å². The summed E-state index contributed by atoms with van der Waals surface area (Å²) in [5, 5.41) is 4.75. The molecule has 3 aromatic rings. The van der Waals surface area contributed by atoms with Gasteiger partial charge in [-0.15, -0.1) is 0 Å². The molecule has 0 aliphatic rings. The molecule has 0 spiro atoms. The Morgan fingerprint density at radius 2 is 1.96 bits per heavy atom. The van der Waals surface area contributed by atoms with Crippen molar-refractivity contribution < 1.29 is 4.79 Å². The van der Waals surface area contributed by atoms with Crippen molar-refractivity contribution in [1.82, 2.24) is 15.0 Å². The van der Waals surface area contributed by atoms with Crippen LogP contribution in [0.15, 0.2) is 61.4 Å². The van der Waals surface area contributed by atoms with Crippen LogP contribution < -0.4 is 10.2 Å². The molecule has 2 aromatic carbocycles. The normalized spacial score (nSPS) is 10.3. The Morgan fingerprint density at radius 3 is 2.78 bits per heavy atom. The van der Waals surface area contributed by atoms with Gasteiger partial charge in [0.2, 0.25) is 17.8 Å². The Hall–Kier alpha value is -3.28. The topological polar surface area (TPSA) is 71.0 Å². The second-order valence-corrected chi connectivity index (χ2v) is 4.86. The lowest BCUT2D eigenvalue weighted by Gasteiger charge is -2.19. The van der Waals surface area contributed by atoms with Crippen molar-refractivity contribution in [3.63, 3.8) is 0 Å². The predicted octanol–water partition coefficient (Wildman–Crippen LogP) is 2.92. The molecule has 1 aromatic heterocycles. The largest absolute Gasteiger partial charge is 0.313 e. The van der Waals surface area contributed by atoms with Gasteiger partial charge in [0.1, 0.15) is 6.33 Å². The van der Waals surface area contributed by atoms with Gasteiger partial charge in [0, 0.05) is 12.4 Å². The minimum Gasteiger partial charge on any atom is -0.313 e. The van der Waals surface area contributed by atoms with E-state index in [0.29, 0.717) is 5.95 Å². The van der Waals surface area contributed by atoms with Gasteiger partial charge in [-0.25, -0.2) is 9.97 Å². The van der Waals surface area contributed by atoms with Crippen LogP contribution in [0, 0.1) is 0 Å². The fourth-order valence-electron chi connectivity index (χ4n) is 2.28. The van der Waals surface area contributed by atoms with Crippen LogP contribution >= 0.6 is 0 Å². The van der Waals surface area contributed by atoms with E-state index >= 15 is 0 Å². The zero-order valence-electron chi connectivity index (χ0n) is 12.6. The van der Waals surface area contributed by atoms with Crippen LogP contribution in [-0.4, -0.2) is 27.9 Å². The molecule has 23 heavy (non-hydrogen) atoms. The number of aromatic nitrogens is 3. The van der Waals surface area contributed by atoms with E-state index in [2.05, 4.69) is 39.0 Å². The maximum atomic E-state index is 11.4. The summed E-state index contributed by atoms with van der Waals surface area (Å²) in [6.45, 7) is 3.40. The third kappa shape index (κ3) is 3.01. The summed E-state index contributed by atoms with van der Waals surface area (Å²) in [4.78, 5) is 25.6. The molecule has 0 saturated carbocycles. The number of amides is 1. The molecule has 0 aliphatic carbocycles. The summed E-state index contributed by atoms with van der Waals surface area (Å²) in [5.41, 5.74) is 0.968. The highest BCUT2D eigenvalue weighted by Crippen LogP contribution is 2.29. The number of rotatable bonds is 4. The number of anilines is 3. The average Bonchev–Trinajstić information content (AvgIpc) is 2.60. The van der Waals surface area contributed by atoms with Gasteiger partial charge in [0.05, 0.1) is 5.69 Å². The fourth-order valence-corrected chi connectivity index (χ4v) is 2.28. The van der Waals surface area contributed by atoms with Gasteiger partial charge in [-0.3, -0.25) is 10.1 Å². The summed E-state index contributed by atoms with van der Waals surface area (Å²) in [7, 11) is 1.87. The van der Waals surface area contributed by atoms with Gasteiger partial charge >= 0.3 is 0 Å². The van der Waals surface area contributed by atoms with Gasteiger partial charge in [-0.1, -0.05) is 43.0 Å². The van der Waals surface area contributed by atoms with Crippen molar-refractivity contribution in [3.8, 4) is 0 Å². The van der Waals surface area contributed by atoms with E-state index in [1.807, 2.05) is 42.3 Å². The van der Waals surface area contributed by atoms with Crippen molar-refractivity contribution in [2.45, 2.75) is 0 Å². The van der Waals surface area contributed by atoms with Crippen LogP contribution in [0.25, 0.3) is 10.8 Å². The molecule has 3 rings (SSSR count). The van der Waals surface area contributed by atoms with E-state index < -0.39 is 0 Å². The Balaban J connectivity index is 1.99. The predicted molar refractivity (Wildman–Crippen MR) is 90.7 cm³/mol. The third-order valence-electron chi connectivity index (χ3n) is 3.41. The van der Waals surface area contributed by atoms with E-state index in [9.17, 15) is 4.79 Å². The Labute approximate surface area is 133 Å². The molecule has 1 heterocycles. The number of hydrogen-bond acceptors (Lipinski definition) is 5. The Kier molecular flexibility index (Phi) is 3.97. The highest BCUT2D eigenvalue weighted by atomic mass is 16.1. The SMILES string of the molecule is C=CC(=O)Nc1ncnc(N(C)c2cccc3ccccc23)n1. The molecule has 114 valence electrons. The van der Waals surface area contributed by atoms with Gasteiger partial charge in [0.15, 0.2) is 0 Å². The number of nitrogens with zero attached hydrogens (tertiary/aromatic N) is 4. The molecular formula is C17H15N5O. The van der Waals surface area contributed by atoms with E-state index in [4.69, 9.17) is 0 Å². The van der Waals surface area contributed by atoms with Crippen LogP contribution in [0.5, 0.6) is 0 Å². The molecule has 0 aliphatic heterocycles. The summed E-state index contributed by atoms with van der Waals surface area (Å²) in [6, 6.07) is 14.1. The molecule has 0 unspecified atom stereocenters. The molecule has 6 heteroatoms. The summed E-state index contributed by atoms with van der Waals surface area (Å²) in [6.07, 6.45) is 2.53. The van der Waals surface area contributed by atoms with Crippen molar-refractivity contribution in [3.05, 3.63) is 61.4 Å². The maximum Gasteiger partial charge on any atom is 0.250 e. The number of benzene rings is 2. The summed E-state index contributed by atoms with van der Waals surface area (Å²) in [5.74, 6) is 0.262. The molecular weight excluding hydrogens is 290 g/mol. The van der Waals surface area contributed by atoms with Gasteiger partial charge < -0.3 is 4.90 Å². The number of carbonyl (C=O) groups is 1. The molecule has 1 N–H and O–H groups in total. The molecule has 0 atom stereocenters. The minimum atomic E-state index is -0.366. The first-order valence-electron chi connectivity index (χ1n) is 7.03. The highest BCUT2D eigenvalue weighted by Gasteiger charge is 2.12. The van der Waals surface area contributed by atoms with E-state index in [0.717, 1.165) is 22.5 Å². The lowest BCUT2D eigenvalue weighted by Crippen LogP contribution is -2.16. The highest BCUT2D eigenvalue weighted by molar-refractivity contribution is 5.98. The first-order chi connectivity index (χ1) is 11.2. The van der Waals surface area contributed by atoms with Gasteiger partial charge in [0.25, 0.3) is 0 Å². The smallest absolute Gasteiger partial charge is 0.250 e. The molecule has 0 saturated heterocycles. The minimum absolute atomic E-state index is 0.187. The molecule has 1 amide bonds. The van der Waals surface area contributed by atoms with Crippen LogP contribution in [-0.2, 0) is 4.79 Å². The Morgan fingerprint density at radius 1 is 1.17 bits per heavy atom. The lowest BCUT2D eigenvalue weighted by atomic mass is 10.1. The first-order valence-corrected chi connectivity index (χ1v) is 7.03. The van der Waals surface area contributed by atoms with Crippen LogP contribution in [0.2, 0.25) is 0 Å². The second-order valence-electron chi connectivity index (χ2n) is 4.86. The van der Waals surface area contributed by atoms with E-state index in [-0.39, 0.29) is 11.9 Å². The molecule has 0 bridgehead atoms. The number of hydrogen-bond donors (Lipinski definition) is 1. The molecule has 0 fully saturated rings. The zero-order valence-corrected chi connectivity index (χ0v) is 12.6. The third-order valence-corrected chi connectivity index (χ3v) is 3.41. The van der Waals surface area contributed by atoms with Gasteiger partial charge in [-0.2, -0.15) is 4.98 Å². The average molecular weight is 305 g/mol. The van der Waals surface area contributed by atoms with Crippen LogP contribution in [0.1, 0.15) is 0 Å². The Bertz CT molecular complexity index is 872. The van der Waals surface area contributed by atoms with Crippen molar-refractivity contribution in [2.24, 2.45) is 0 Å². The van der Waals surface area contributed by atoms with Crippen LogP contribution in [0.4, 0.5) is 17.6 Å². The van der Waals surface area contributed by atoms with E-state index in [1.165, 1.54) is 6.33 Å². The first kappa shape index (κ1) is 14.6. The fraction of sp³-hybridized carbons (Fsp3) is 0.0588. The van der Waals surface area contributed by atoms with Gasteiger partial charge in [-0.05, 0) is 17.5 Å². The summed E-state index contributed by atoms with van der Waals surface area (Å²) < 4.78 is 0. The number of carbonyl (C=O) groups excluding carboxylic acids is 1. The second kappa shape index (κ2) is 6.23.